The van der Waals surface area contributed by atoms with E-state index in [0.29, 0.717) is 36.8 Å². The molecule has 2 aromatic carbocycles. The molecule has 1 aliphatic heterocycles. The number of carbonyl (C=O) groups excluding carboxylic acids is 1. The highest BCUT2D eigenvalue weighted by Gasteiger charge is 2.31. The van der Waals surface area contributed by atoms with Crippen molar-refractivity contribution in [1.82, 2.24) is 30.0 Å². The van der Waals surface area contributed by atoms with Crippen molar-refractivity contribution in [3.63, 3.8) is 0 Å². The molecule has 174 valence electrons. The second-order valence-corrected chi connectivity index (χ2v) is 8.71. The van der Waals surface area contributed by atoms with Crippen LogP contribution < -0.4 is 10.2 Å². The molecule has 4 aromatic rings. The number of hydrogen-bond donors (Lipinski definition) is 1. The average Bonchev–Trinajstić information content (AvgIpc) is 3.29. The smallest absolute Gasteiger partial charge is 0.239 e. The summed E-state index contributed by atoms with van der Waals surface area (Å²) >= 11 is 5.94. The van der Waals surface area contributed by atoms with Gasteiger partial charge in [-0.2, -0.15) is 0 Å². The summed E-state index contributed by atoms with van der Waals surface area (Å²) in [6.45, 7) is 2.33. The fourth-order valence-corrected chi connectivity index (χ4v) is 4.19. The minimum absolute atomic E-state index is 0.0468. The van der Waals surface area contributed by atoms with E-state index in [1.807, 2.05) is 42.4 Å². The molecule has 2 aromatic heterocycles. The van der Waals surface area contributed by atoms with Crippen molar-refractivity contribution < 1.29 is 9.18 Å². The molecule has 1 N–H and O–H groups in total. The Morgan fingerprint density at radius 1 is 1.12 bits per heavy atom. The van der Waals surface area contributed by atoms with Crippen LogP contribution in [0, 0.1) is 5.82 Å². The average molecular weight is 480 g/mol. The van der Waals surface area contributed by atoms with Gasteiger partial charge in [0.1, 0.15) is 24.0 Å². The number of nitrogens with zero attached hydrogens (tertiary/aromatic N) is 6. The van der Waals surface area contributed by atoms with Crippen LogP contribution in [0.2, 0.25) is 5.02 Å². The Kier molecular flexibility index (Phi) is 6.12. The van der Waals surface area contributed by atoms with Gasteiger partial charge in [0.05, 0.1) is 11.1 Å². The maximum absolute atomic E-state index is 13.3. The zero-order chi connectivity index (χ0) is 23.7. The second kappa shape index (κ2) is 9.36. The Morgan fingerprint density at radius 2 is 1.88 bits per heavy atom. The summed E-state index contributed by atoms with van der Waals surface area (Å²) < 4.78 is 15.0. The Morgan fingerprint density at radius 3 is 2.65 bits per heavy atom. The summed E-state index contributed by atoms with van der Waals surface area (Å²) in [5.74, 6) is 0.371. The minimum Gasteiger partial charge on any atom is -0.353 e. The number of aromatic nitrogens is 4. The fraction of sp³-hybridized carbons (Fsp3) is 0.250. The number of nitrogens with one attached hydrogen (secondary N) is 1. The van der Waals surface area contributed by atoms with E-state index in [2.05, 4.69) is 25.3 Å². The fourth-order valence-electron chi connectivity index (χ4n) is 4.06. The van der Waals surface area contributed by atoms with Gasteiger partial charge in [-0.05, 0) is 49.0 Å². The van der Waals surface area contributed by atoms with Gasteiger partial charge in [0.2, 0.25) is 5.91 Å². The summed E-state index contributed by atoms with van der Waals surface area (Å²) in [5, 5.41) is 8.99. The molecule has 1 fully saturated rings. The first kappa shape index (κ1) is 22.2. The number of amides is 1. The monoisotopic (exact) mass is 479 g/mol. The van der Waals surface area contributed by atoms with Crippen LogP contribution >= 0.6 is 11.6 Å². The molecule has 1 amide bonds. The Labute approximate surface area is 201 Å². The summed E-state index contributed by atoms with van der Waals surface area (Å²) in [6.07, 6.45) is 3.32. The van der Waals surface area contributed by atoms with Gasteiger partial charge in [0.25, 0.3) is 0 Å². The normalized spacial score (nSPS) is 16.7. The van der Waals surface area contributed by atoms with E-state index < -0.39 is 0 Å². The first-order chi connectivity index (χ1) is 16.5. The molecule has 0 radical (unpaired) electrons. The first-order valence-corrected chi connectivity index (χ1v) is 11.3. The lowest BCUT2D eigenvalue weighted by atomic mass is 10.1. The lowest BCUT2D eigenvalue weighted by Gasteiger charge is -2.39. The van der Waals surface area contributed by atoms with Crippen molar-refractivity contribution >= 4 is 34.4 Å². The van der Waals surface area contributed by atoms with Crippen molar-refractivity contribution in [3.05, 3.63) is 77.5 Å². The highest BCUT2D eigenvalue weighted by molar-refractivity contribution is 6.30. The molecule has 1 aliphatic rings. The van der Waals surface area contributed by atoms with E-state index in [9.17, 15) is 9.18 Å². The third kappa shape index (κ3) is 4.57. The number of carbonyl (C=O) groups is 1. The molecule has 8 nitrogen and oxygen atoms in total. The van der Waals surface area contributed by atoms with Crippen molar-refractivity contribution in [2.45, 2.75) is 12.6 Å². The van der Waals surface area contributed by atoms with Crippen LogP contribution in [0.1, 0.15) is 5.56 Å². The Balaban J connectivity index is 1.35. The molecule has 10 heteroatoms. The summed E-state index contributed by atoms with van der Waals surface area (Å²) in [6, 6.07) is 13.2. The molecular formula is C24H23ClFN7O. The highest BCUT2D eigenvalue weighted by atomic mass is 35.5. The molecule has 1 saturated heterocycles. The van der Waals surface area contributed by atoms with Crippen LogP contribution in [0.3, 0.4) is 0 Å². The standard InChI is InChI=1S/C24H23ClFN7O/c1-31-10-11-32(14-21(31)24(34)27-12-16-2-4-17(25)5-3-16)23-20-13-33(30-22(20)28-15-29-23)19-8-6-18(26)7-9-19/h2-9,13,15,21H,10-12,14H2,1H3,(H,27,34). The number of fused-ring (bicyclic) bond motifs is 1. The summed E-state index contributed by atoms with van der Waals surface area (Å²) in [4.78, 5) is 26.0. The third-order valence-electron chi connectivity index (χ3n) is 6.02. The van der Waals surface area contributed by atoms with Gasteiger partial charge >= 0.3 is 0 Å². The second-order valence-electron chi connectivity index (χ2n) is 8.27. The van der Waals surface area contributed by atoms with Crippen LogP contribution in [-0.4, -0.2) is 63.3 Å². The molecule has 0 spiro atoms. The van der Waals surface area contributed by atoms with Crippen molar-refractivity contribution in [2.24, 2.45) is 0 Å². The van der Waals surface area contributed by atoms with E-state index in [1.165, 1.54) is 18.5 Å². The van der Waals surface area contributed by atoms with E-state index in [4.69, 9.17) is 11.6 Å². The van der Waals surface area contributed by atoms with Gasteiger partial charge in [-0.3, -0.25) is 9.69 Å². The Bertz CT molecular complexity index is 1310. The van der Waals surface area contributed by atoms with Crippen LogP contribution in [0.4, 0.5) is 10.2 Å². The number of rotatable bonds is 5. The van der Waals surface area contributed by atoms with Crippen molar-refractivity contribution in [1.29, 1.82) is 0 Å². The largest absolute Gasteiger partial charge is 0.353 e. The number of halogens is 2. The van der Waals surface area contributed by atoms with Gasteiger partial charge in [0, 0.05) is 37.4 Å². The lowest BCUT2D eigenvalue weighted by Crippen LogP contribution is -2.57. The maximum Gasteiger partial charge on any atom is 0.239 e. The van der Waals surface area contributed by atoms with Gasteiger partial charge in [-0.1, -0.05) is 23.7 Å². The SMILES string of the molecule is CN1CCN(c2ncnc3nn(-c4ccc(F)cc4)cc23)CC1C(=O)NCc1ccc(Cl)cc1. The van der Waals surface area contributed by atoms with E-state index in [1.54, 1.807) is 16.8 Å². The minimum atomic E-state index is -0.335. The van der Waals surface area contributed by atoms with Crippen molar-refractivity contribution in [2.75, 3.05) is 31.6 Å². The van der Waals surface area contributed by atoms with Crippen LogP contribution in [0.5, 0.6) is 0 Å². The van der Waals surface area contributed by atoms with Gasteiger partial charge in [0.15, 0.2) is 5.65 Å². The number of likely N-dealkylation sites (N-methyl/N-ethyl adjacent to an activating group) is 1. The van der Waals surface area contributed by atoms with Gasteiger partial charge in [-0.15, -0.1) is 5.10 Å². The van der Waals surface area contributed by atoms with Gasteiger partial charge < -0.3 is 10.2 Å². The van der Waals surface area contributed by atoms with E-state index in [0.717, 1.165) is 22.5 Å². The number of benzene rings is 2. The first-order valence-electron chi connectivity index (χ1n) is 10.9. The lowest BCUT2D eigenvalue weighted by molar-refractivity contribution is -0.126. The van der Waals surface area contributed by atoms with E-state index >= 15 is 0 Å². The summed E-state index contributed by atoms with van der Waals surface area (Å²) in [5.41, 5.74) is 2.25. The van der Waals surface area contributed by atoms with Crippen LogP contribution in [0.15, 0.2) is 61.1 Å². The Hall–Kier alpha value is -3.56. The zero-order valence-corrected chi connectivity index (χ0v) is 19.3. The van der Waals surface area contributed by atoms with E-state index in [-0.39, 0.29) is 17.8 Å². The predicted molar refractivity (Wildman–Crippen MR) is 129 cm³/mol. The van der Waals surface area contributed by atoms with Crippen LogP contribution in [-0.2, 0) is 11.3 Å². The van der Waals surface area contributed by atoms with Gasteiger partial charge in [-0.25, -0.2) is 19.0 Å². The predicted octanol–water partition coefficient (Wildman–Crippen LogP) is 3.04. The molecule has 3 heterocycles. The number of hydrogen-bond acceptors (Lipinski definition) is 6. The third-order valence-corrected chi connectivity index (χ3v) is 6.27. The molecule has 1 unspecified atom stereocenters. The molecule has 1 atom stereocenters. The molecular weight excluding hydrogens is 457 g/mol. The number of anilines is 1. The topological polar surface area (TPSA) is 79.2 Å². The molecule has 0 saturated carbocycles. The molecule has 5 rings (SSSR count). The number of piperazine rings is 1. The quantitative estimate of drug-likeness (QED) is 0.474. The van der Waals surface area contributed by atoms with Crippen LogP contribution in [0.25, 0.3) is 16.7 Å². The van der Waals surface area contributed by atoms with Crippen molar-refractivity contribution in [3.8, 4) is 5.69 Å². The molecule has 0 aliphatic carbocycles. The molecule has 0 bridgehead atoms. The zero-order valence-electron chi connectivity index (χ0n) is 18.5. The summed E-state index contributed by atoms with van der Waals surface area (Å²) in [7, 11) is 1.95. The molecule has 34 heavy (non-hydrogen) atoms. The highest BCUT2D eigenvalue weighted by Crippen LogP contribution is 2.25. The maximum atomic E-state index is 13.3.